The van der Waals surface area contributed by atoms with Gasteiger partial charge in [0.25, 0.3) is 0 Å². The van der Waals surface area contributed by atoms with Crippen LogP contribution in [0.4, 0.5) is 10.1 Å². The molecule has 5 rings (SSSR count). The van der Waals surface area contributed by atoms with E-state index >= 15 is 0 Å². The number of fused-ring (bicyclic) bond motifs is 2. The molecule has 1 aromatic carbocycles. The van der Waals surface area contributed by atoms with Crippen molar-refractivity contribution in [3.8, 4) is 23.3 Å². The third-order valence-electron chi connectivity index (χ3n) is 6.68. The van der Waals surface area contributed by atoms with Crippen LogP contribution in [-0.4, -0.2) is 31.9 Å². The van der Waals surface area contributed by atoms with E-state index in [4.69, 9.17) is 4.74 Å². The zero-order chi connectivity index (χ0) is 25.2. The molecule has 8 nitrogen and oxygen atoms in total. The molecule has 4 aromatic rings. The molecule has 3 aromatic heterocycles. The highest BCUT2D eigenvalue weighted by atomic mass is 19.1. The molecule has 1 aliphatic heterocycles. The Labute approximate surface area is 207 Å². The summed E-state index contributed by atoms with van der Waals surface area (Å²) in [4.78, 5) is 26.6. The van der Waals surface area contributed by atoms with Crippen molar-refractivity contribution in [2.45, 2.75) is 39.0 Å². The third kappa shape index (κ3) is 4.38. The van der Waals surface area contributed by atoms with Gasteiger partial charge in [-0.2, -0.15) is 5.26 Å². The minimum Gasteiger partial charge on any atom is -0.490 e. The number of benzene rings is 1. The summed E-state index contributed by atoms with van der Waals surface area (Å²) in [5.41, 5.74) is 3.81. The topological polar surface area (TPSA) is 105 Å². The van der Waals surface area contributed by atoms with Crippen molar-refractivity contribution in [3.63, 3.8) is 0 Å². The number of ether oxygens (including phenoxy) is 1. The molecular weight excluding hydrogens is 459 g/mol. The van der Waals surface area contributed by atoms with Crippen LogP contribution in [0.3, 0.4) is 0 Å². The summed E-state index contributed by atoms with van der Waals surface area (Å²) in [5.74, 6) is 0.0612. The molecule has 182 valence electrons. The van der Waals surface area contributed by atoms with Crippen molar-refractivity contribution in [2.75, 3.05) is 11.9 Å². The molecule has 0 spiro atoms. The van der Waals surface area contributed by atoms with Crippen LogP contribution in [0.1, 0.15) is 48.9 Å². The van der Waals surface area contributed by atoms with Crippen molar-refractivity contribution in [2.24, 2.45) is 5.92 Å². The average Bonchev–Trinajstić information content (AvgIpc) is 3.32. The van der Waals surface area contributed by atoms with Gasteiger partial charge in [-0.3, -0.25) is 9.20 Å². The molecule has 9 heteroatoms. The highest BCUT2D eigenvalue weighted by Gasteiger charge is 2.29. The predicted octanol–water partition coefficient (Wildman–Crippen LogP) is 5.03. The monoisotopic (exact) mass is 484 g/mol. The molecule has 0 radical (unpaired) electrons. The maximum atomic E-state index is 14.2. The molecule has 0 aliphatic carbocycles. The maximum absolute atomic E-state index is 14.2. The minimum atomic E-state index is -0.364. The normalized spacial score (nSPS) is 15.6. The number of amides is 1. The van der Waals surface area contributed by atoms with E-state index in [1.165, 1.54) is 6.07 Å². The molecule has 0 bridgehead atoms. The first-order chi connectivity index (χ1) is 17.5. The molecule has 2 atom stereocenters. The fraction of sp³-hybridized carbons (Fsp3) is 0.296. The van der Waals surface area contributed by atoms with Gasteiger partial charge in [0.1, 0.15) is 17.4 Å². The van der Waals surface area contributed by atoms with E-state index in [-0.39, 0.29) is 23.6 Å². The van der Waals surface area contributed by atoms with E-state index < -0.39 is 0 Å². The minimum absolute atomic E-state index is 0.0494. The number of aryl methyl sites for hydroxylation is 1. The van der Waals surface area contributed by atoms with E-state index in [1.807, 2.05) is 19.9 Å². The molecule has 4 heterocycles. The molecule has 0 saturated heterocycles. The number of carbonyl (C=O) groups is 1. The first-order valence-corrected chi connectivity index (χ1v) is 11.9. The number of nitrogens with zero attached hydrogens (tertiary/aromatic N) is 5. The summed E-state index contributed by atoms with van der Waals surface area (Å²) < 4.78 is 21.5. The van der Waals surface area contributed by atoms with E-state index in [2.05, 4.69) is 26.3 Å². The molecule has 1 aliphatic rings. The highest BCUT2D eigenvalue weighted by Crippen LogP contribution is 2.39. The summed E-state index contributed by atoms with van der Waals surface area (Å²) in [5, 5.41) is 12.2. The van der Waals surface area contributed by atoms with Gasteiger partial charge >= 0.3 is 0 Å². The van der Waals surface area contributed by atoms with Gasteiger partial charge in [-0.15, -0.1) is 0 Å². The number of pyridine rings is 1. The molecule has 1 N–H and O–H groups in total. The Hall–Kier alpha value is -4.32. The summed E-state index contributed by atoms with van der Waals surface area (Å²) in [6.45, 7) is 4.22. The van der Waals surface area contributed by atoms with Gasteiger partial charge in [-0.1, -0.05) is 19.1 Å². The smallest absolute Gasteiger partial charge is 0.227 e. The van der Waals surface area contributed by atoms with Crippen LogP contribution in [-0.2, 0) is 4.79 Å². The molecule has 2 unspecified atom stereocenters. The van der Waals surface area contributed by atoms with Crippen molar-refractivity contribution in [1.29, 1.82) is 5.26 Å². The van der Waals surface area contributed by atoms with Gasteiger partial charge in [0.05, 0.1) is 35.9 Å². The van der Waals surface area contributed by atoms with Gasteiger partial charge in [0.2, 0.25) is 5.91 Å². The van der Waals surface area contributed by atoms with Gasteiger partial charge in [-0.25, -0.2) is 19.3 Å². The number of para-hydroxylation sites is 1. The number of aromatic nitrogens is 4. The summed E-state index contributed by atoms with van der Waals surface area (Å²) in [6, 6.07) is 10.5. The van der Waals surface area contributed by atoms with E-state index in [9.17, 15) is 14.4 Å². The van der Waals surface area contributed by atoms with E-state index in [1.54, 1.807) is 41.2 Å². The Balaban J connectivity index is 1.34. The first-order valence-electron chi connectivity index (χ1n) is 11.9. The lowest BCUT2D eigenvalue weighted by molar-refractivity contribution is -0.120. The Morgan fingerprint density at radius 3 is 2.94 bits per heavy atom. The second-order valence-corrected chi connectivity index (χ2v) is 8.92. The van der Waals surface area contributed by atoms with Crippen LogP contribution in [0.15, 0.2) is 48.9 Å². The Morgan fingerprint density at radius 1 is 1.31 bits per heavy atom. The van der Waals surface area contributed by atoms with Gasteiger partial charge in [0, 0.05) is 17.7 Å². The second kappa shape index (κ2) is 9.74. The van der Waals surface area contributed by atoms with Gasteiger partial charge < -0.3 is 10.1 Å². The molecule has 1 amide bonds. The zero-order valence-corrected chi connectivity index (χ0v) is 20.0. The number of anilines is 1. The predicted molar refractivity (Wildman–Crippen MR) is 132 cm³/mol. The first kappa shape index (κ1) is 23.4. The van der Waals surface area contributed by atoms with Crippen LogP contribution < -0.4 is 10.1 Å². The Morgan fingerprint density at radius 2 is 2.17 bits per heavy atom. The summed E-state index contributed by atoms with van der Waals surface area (Å²) in [6.07, 6.45) is 6.93. The maximum Gasteiger partial charge on any atom is 0.227 e. The number of rotatable bonds is 6. The lowest BCUT2D eigenvalue weighted by atomic mass is 9.83. The standard InChI is InChI=1S/C27H25FN6O2/c1-3-18(11-19-9-10-36-25-20(19)5-4-6-21(25)28)27(35)33-22-13-31-26(32-16(22)2)23-14-30-24-8-7-17(12-29)15-34(23)24/h4-8,13-15,18-19H,3,9-11H2,1-2H3,(H,33,35). The molecule has 0 fully saturated rings. The van der Waals surface area contributed by atoms with Crippen LogP contribution in [0.5, 0.6) is 5.75 Å². The fourth-order valence-electron chi connectivity index (χ4n) is 4.67. The lowest BCUT2D eigenvalue weighted by Crippen LogP contribution is -2.26. The molecule has 36 heavy (non-hydrogen) atoms. The number of hydrogen-bond acceptors (Lipinski definition) is 6. The number of nitriles is 1. The van der Waals surface area contributed by atoms with Gasteiger partial charge in [-0.05, 0) is 50.3 Å². The van der Waals surface area contributed by atoms with Crippen LogP contribution >= 0.6 is 0 Å². The van der Waals surface area contributed by atoms with Gasteiger partial charge in [0.15, 0.2) is 17.4 Å². The third-order valence-corrected chi connectivity index (χ3v) is 6.68. The van der Waals surface area contributed by atoms with E-state index in [0.717, 1.165) is 12.0 Å². The quantitative estimate of drug-likeness (QED) is 0.411. The highest BCUT2D eigenvalue weighted by molar-refractivity contribution is 5.93. The Kier molecular flexibility index (Phi) is 6.34. The van der Waals surface area contributed by atoms with Crippen LogP contribution in [0.25, 0.3) is 17.2 Å². The number of hydrogen-bond donors (Lipinski definition) is 1. The largest absolute Gasteiger partial charge is 0.490 e. The number of imidazole rings is 1. The van der Waals surface area contributed by atoms with E-state index in [0.29, 0.717) is 59.3 Å². The second-order valence-electron chi connectivity index (χ2n) is 8.92. The number of halogens is 1. The number of nitrogens with one attached hydrogen (secondary N) is 1. The molecular formula is C27H25FN6O2. The van der Waals surface area contributed by atoms with Crippen molar-refractivity contribution in [1.82, 2.24) is 19.4 Å². The fourth-order valence-corrected chi connectivity index (χ4v) is 4.67. The van der Waals surface area contributed by atoms with Crippen molar-refractivity contribution < 1.29 is 13.9 Å². The summed E-state index contributed by atoms with van der Waals surface area (Å²) >= 11 is 0. The average molecular weight is 485 g/mol. The summed E-state index contributed by atoms with van der Waals surface area (Å²) in [7, 11) is 0. The number of carbonyl (C=O) groups excluding carboxylic acids is 1. The van der Waals surface area contributed by atoms with Crippen molar-refractivity contribution in [3.05, 3.63) is 71.6 Å². The zero-order valence-electron chi connectivity index (χ0n) is 20.0. The van der Waals surface area contributed by atoms with Crippen molar-refractivity contribution >= 4 is 17.2 Å². The lowest BCUT2D eigenvalue weighted by Gasteiger charge is -2.28. The SMILES string of the molecule is CCC(CC1CCOc2c(F)cccc21)C(=O)Nc1cnc(-c2cnc3ccc(C#N)cn23)nc1C. The Bertz CT molecular complexity index is 1490. The molecule has 0 saturated carbocycles. The van der Waals surface area contributed by atoms with Crippen LogP contribution in [0, 0.1) is 30.0 Å². The van der Waals surface area contributed by atoms with Crippen LogP contribution in [0.2, 0.25) is 0 Å².